The monoisotopic (exact) mass is 728 g/mol. The van der Waals surface area contributed by atoms with Gasteiger partial charge in [-0.3, -0.25) is 29.6 Å². The highest BCUT2D eigenvalue weighted by atomic mass is 35.5. The van der Waals surface area contributed by atoms with Gasteiger partial charge >= 0.3 is 0 Å². The van der Waals surface area contributed by atoms with E-state index in [2.05, 4.69) is 51.7 Å². The number of hydrogen-bond donors (Lipinski definition) is 3. The van der Waals surface area contributed by atoms with Crippen LogP contribution >= 0.6 is 22.9 Å². The Hall–Kier alpha value is -4.66. The van der Waals surface area contributed by atoms with Gasteiger partial charge in [-0.05, 0) is 62.3 Å². The molecule has 3 fully saturated rings. The number of nitrogens with one attached hydrogen (secondary N) is 3. The maximum atomic E-state index is 12.9. The number of carbonyl (C=O) groups is 3. The van der Waals surface area contributed by atoms with E-state index in [4.69, 9.17) is 16.6 Å². The quantitative estimate of drug-likeness (QED) is 0.197. The molecular weight excluding hydrogens is 688 g/mol. The lowest BCUT2D eigenvalue weighted by molar-refractivity contribution is -0.134. The number of anilines is 5. The third-order valence-corrected chi connectivity index (χ3v) is 11.1. The minimum Gasteiger partial charge on any atom is -0.370 e. The molecule has 0 aliphatic carbocycles. The Morgan fingerprint density at radius 1 is 0.980 bits per heavy atom. The average Bonchev–Trinajstić information content (AvgIpc) is 3.59. The van der Waals surface area contributed by atoms with Gasteiger partial charge in [0.15, 0.2) is 5.13 Å². The Kier molecular flexibility index (Phi) is 10.4. The number of aromatic nitrogens is 4. The third kappa shape index (κ3) is 8.29. The van der Waals surface area contributed by atoms with Crippen LogP contribution in [0.25, 0.3) is 0 Å². The molecule has 13 nitrogen and oxygen atoms in total. The SMILES string of the molecule is Cc1nc(Nc2ncc(C(=O)Nc3c(C)cccc3Cl)s2)cc(N2CCN(CC3CCN(c4cncc(C5CCC(=O)NC5=O)c4)CC3)CC2)n1. The number of thiazole rings is 1. The number of aryl methyl sites for hydroxylation is 2. The van der Waals surface area contributed by atoms with Crippen LogP contribution in [0.5, 0.6) is 0 Å². The van der Waals surface area contributed by atoms with E-state index in [1.807, 2.05) is 38.2 Å². The topological polar surface area (TPSA) is 149 Å². The number of pyridine rings is 1. The molecule has 3 N–H and O–H groups in total. The summed E-state index contributed by atoms with van der Waals surface area (Å²) in [5, 5.41) is 9.67. The summed E-state index contributed by atoms with van der Waals surface area (Å²) in [7, 11) is 0. The van der Waals surface area contributed by atoms with Crippen LogP contribution in [0, 0.1) is 19.8 Å². The van der Waals surface area contributed by atoms with Crippen LogP contribution in [0.1, 0.15) is 58.2 Å². The molecule has 3 amide bonds. The molecule has 6 heterocycles. The summed E-state index contributed by atoms with van der Waals surface area (Å²) in [4.78, 5) is 62.7. The predicted molar refractivity (Wildman–Crippen MR) is 199 cm³/mol. The molecule has 0 saturated carbocycles. The van der Waals surface area contributed by atoms with Crippen LogP contribution < -0.4 is 25.8 Å². The smallest absolute Gasteiger partial charge is 0.267 e. The second-order valence-electron chi connectivity index (χ2n) is 13.4. The van der Waals surface area contributed by atoms with Crippen LogP contribution in [0.2, 0.25) is 5.02 Å². The predicted octanol–water partition coefficient (Wildman–Crippen LogP) is 5.15. The molecule has 1 unspecified atom stereocenters. The van der Waals surface area contributed by atoms with Gasteiger partial charge in [0.25, 0.3) is 5.91 Å². The normalized spacial score (nSPS) is 18.8. The number of rotatable bonds is 9. The fourth-order valence-electron chi connectivity index (χ4n) is 7.01. The molecule has 0 spiro atoms. The second kappa shape index (κ2) is 15.3. The minimum absolute atomic E-state index is 0.202. The van der Waals surface area contributed by atoms with Crippen molar-refractivity contribution in [3.63, 3.8) is 0 Å². The van der Waals surface area contributed by atoms with E-state index in [-0.39, 0.29) is 23.6 Å². The van der Waals surface area contributed by atoms with Crippen LogP contribution in [0.3, 0.4) is 0 Å². The number of nitrogens with zero attached hydrogens (tertiary/aromatic N) is 7. The molecule has 266 valence electrons. The first kappa shape index (κ1) is 34.8. The summed E-state index contributed by atoms with van der Waals surface area (Å²) in [5.41, 5.74) is 3.40. The van der Waals surface area contributed by atoms with Gasteiger partial charge in [-0.15, -0.1) is 0 Å². The Bertz CT molecular complexity index is 1900. The highest BCUT2D eigenvalue weighted by molar-refractivity contribution is 7.17. The average molecular weight is 729 g/mol. The molecule has 3 aliphatic heterocycles. The number of amides is 3. The summed E-state index contributed by atoms with van der Waals surface area (Å²) < 4.78 is 0. The fourth-order valence-corrected chi connectivity index (χ4v) is 8.00. The lowest BCUT2D eigenvalue weighted by Gasteiger charge is -2.39. The number of piperazine rings is 1. The number of piperidine rings is 2. The number of para-hydroxylation sites is 1. The van der Waals surface area contributed by atoms with Crippen LogP contribution in [-0.4, -0.2) is 88.4 Å². The molecule has 0 bridgehead atoms. The molecule has 51 heavy (non-hydrogen) atoms. The van der Waals surface area contributed by atoms with Gasteiger partial charge < -0.3 is 20.4 Å². The summed E-state index contributed by atoms with van der Waals surface area (Å²) in [6.07, 6.45) is 8.26. The van der Waals surface area contributed by atoms with Crippen molar-refractivity contribution in [3.05, 3.63) is 75.8 Å². The lowest BCUT2D eigenvalue weighted by atomic mass is 9.91. The molecule has 4 aromatic rings. The molecule has 1 aromatic carbocycles. The standard InChI is InChI=1S/C36H41ClN10O3S/c1-22-4-3-5-28(37)33(22)44-35(50)29-20-39-36(51-29)42-30-17-31(41-23(2)40-30)47-14-12-45(13-15-47)21-24-8-10-46(11-9-24)26-16-25(18-38-19-26)27-6-7-32(48)43-34(27)49/h3-5,16-20,24,27H,6-15,21H2,1-2H3,(H,44,50)(H,43,48,49)(H,39,40,41,42). The van der Waals surface area contributed by atoms with Crippen LogP contribution in [-0.2, 0) is 9.59 Å². The Morgan fingerprint density at radius 3 is 2.55 bits per heavy atom. The van der Waals surface area contributed by atoms with Gasteiger partial charge in [0.2, 0.25) is 11.8 Å². The zero-order valence-corrected chi connectivity index (χ0v) is 30.3. The Morgan fingerprint density at radius 2 is 1.78 bits per heavy atom. The molecule has 3 aliphatic rings. The zero-order valence-electron chi connectivity index (χ0n) is 28.7. The van der Waals surface area contributed by atoms with Crippen molar-refractivity contribution in [1.82, 2.24) is 30.2 Å². The van der Waals surface area contributed by atoms with Crippen LogP contribution in [0.4, 0.5) is 28.1 Å². The first-order valence-electron chi connectivity index (χ1n) is 17.3. The molecule has 3 saturated heterocycles. The van der Waals surface area contributed by atoms with Gasteiger partial charge in [0.1, 0.15) is 22.3 Å². The summed E-state index contributed by atoms with van der Waals surface area (Å²) in [5.74, 6) is 1.76. The maximum Gasteiger partial charge on any atom is 0.267 e. The molecule has 7 rings (SSSR count). The molecular formula is C36H41ClN10O3S. The number of halogens is 1. The fraction of sp³-hybridized carbons (Fsp3) is 0.417. The van der Waals surface area contributed by atoms with E-state index < -0.39 is 0 Å². The molecule has 1 atom stereocenters. The number of benzene rings is 1. The number of imide groups is 1. The summed E-state index contributed by atoms with van der Waals surface area (Å²) >= 11 is 7.54. The lowest BCUT2D eigenvalue weighted by Crippen LogP contribution is -2.49. The summed E-state index contributed by atoms with van der Waals surface area (Å²) in [6.45, 7) is 10.4. The van der Waals surface area contributed by atoms with Crippen molar-refractivity contribution >= 4 is 68.8 Å². The van der Waals surface area contributed by atoms with Gasteiger partial charge in [-0.1, -0.05) is 35.1 Å². The van der Waals surface area contributed by atoms with Crippen molar-refractivity contribution in [2.24, 2.45) is 5.92 Å². The van der Waals surface area contributed by atoms with Crippen LogP contribution in [0.15, 0.2) is 48.9 Å². The Labute approximate surface area is 305 Å². The molecule has 0 radical (unpaired) electrons. The van der Waals surface area contributed by atoms with Crippen molar-refractivity contribution < 1.29 is 14.4 Å². The van der Waals surface area contributed by atoms with Crippen molar-refractivity contribution in [2.75, 3.05) is 66.2 Å². The first-order chi connectivity index (χ1) is 24.7. The summed E-state index contributed by atoms with van der Waals surface area (Å²) in [6, 6.07) is 9.50. The molecule has 15 heteroatoms. The van der Waals surface area contributed by atoms with E-state index in [9.17, 15) is 14.4 Å². The largest absolute Gasteiger partial charge is 0.370 e. The van der Waals surface area contributed by atoms with Gasteiger partial charge in [-0.25, -0.2) is 15.0 Å². The first-order valence-corrected chi connectivity index (χ1v) is 18.5. The van der Waals surface area contributed by atoms with Crippen molar-refractivity contribution in [3.8, 4) is 0 Å². The van der Waals surface area contributed by atoms with Gasteiger partial charge in [0, 0.05) is 64.5 Å². The van der Waals surface area contributed by atoms with Crippen molar-refractivity contribution in [1.29, 1.82) is 0 Å². The van der Waals surface area contributed by atoms with Gasteiger partial charge in [0.05, 0.1) is 34.7 Å². The number of carbonyl (C=O) groups excluding carboxylic acids is 3. The highest BCUT2D eigenvalue weighted by Gasteiger charge is 2.30. The van der Waals surface area contributed by atoms with Crippen molar-refractivity contribution in [2.45, 2.75) is 45.4 Å². The second-order valence-corrected chi connectivity index (χ2v) is 14.8. The zero-order chi connectivity index (χ0) is 35.5. The molecule has 3 aromatic heterocycles. The minimum atomic E-state index is -0.322. The van der Waals surface area contributed by atoms with E-state index >= 15 is 0 Å². The highest BCUT2D eigenvalue weighted by Crippen LogP contribution is 2.31. The van der Waals surface area contributed by atoms with E-state index in [1.165, 1.54) is 11.3 Å². The Balaban J connectivity index is 0.888. The third-order valence-electron chi connectivity index (χ3n) is 9.83. The maximum absolute atomic E-state index is 12.9. The number of hydrogen-bond acceptors (Lipinski definition) is 12. The van der Waals surface area contributed by atoms with E-state index in [1.54, 1.807) is 18.5 Å². The van der Waals surface area contributed by atoms with E-state index in [0.29, 0.717) is 51.1 Å². The van der Waals surface area contributed by atoms with Gasteiger partial charge in [-0.2, -0.15) is 0 Å². The van der Waals surface area contributed by atoms with E-state index in [0.717, 1.165) is 81.3 Å².